The van der Waals surface area contributed by atoms with Crippen molar-refractivity contribution in [1.29, 1.82) is 0 Å². The predicted octanol–water partition coefficient (Wildman–Crippen LogP) is 1.88. The van der Waals surface area contributed by atoms with Crippen molar-refractivity contribution >= 4 is 0 Å². The van der Waals surface area contributed by atoms with Gasteiger partial charge in [-0.15, -0.1) is 0 Å². The number of nitrogens with zero attached hydrogens (tertiary/aromatic N) is 1. The minimum absolute atomic E-state index is 0.271. The molecular formula is C8H12F3N3. The first kappa shape index (κ1) is 11.0. The molecule has 0 aliphatic rings. The molecule has 1 aromatic rings. The van der Waals surface area contributed by atoms with Crippen LogP contribution in [0, 0.1) is 0 Å². The summed E-state index contributed by atoms with van der Waals surface area (Å²) < 4.78 is 36.6. The highest BCUT2D eigenvalue weighted by Gasteiger charge is 2.34. The Balaban J connectivity index is 3.00. The summed E-state index contributed by atoms with van der Waals surface area (Å²) in [4.78, 5) is 5.93. The molecule has 1 rings (SSSR count). The molecule has 0 aliphatic carbocycles. The Bertz CT molecular complexity index is 314. The molecule has 80 valence electrons. The lowest BCUT2D eigenvalue weighted by Gasteiger charge is -2.20. The lowest BCUT2D eigenvalue weighted by molar-refractivity contribution is -0.141. The SMILES string of the molecule is CNC(C)(C)c1ncc(C(F)(F)F)[nH]1. The van der Waals surface area contributed by atoms with Crippen LogP contribution in [0.1, 0.15) is 25.4 Å². The summed E-state index contributed by atoms with van der Waals surface area (Å²) in [5.74, 6) is 0.271. The van der Waals surface area contributed by atoms with Crippen molar-refractivity contribution in [3.05, 3.63) is 17.7 Å². The highest BCUT2D eigenvalue weighted by atomic mass is 19.4. The molecule has 6 heteroatoms. The number of halogens is 3. The number of imidazole rings is 1. The van der Waals surface area contributed by atoms with E-state index in [1.54, 1.807) is 20.9 Å². The fraction of sp³-hybridized carbons (Fsp3) is 0.625. The topological polar surface area (TPSA) is 40.7 Å². The van der Waals surface area contributed by atoms with Crippen LogP contribution in [-0.2, 0) is 11.7 Å². The summed E-state index contributed by atoms with van der Waals surface area (Å²) in [6.45, 7) is 3.48. The third-order valence-corrected chi connectivity index (χ3v) is 2.10. The average molecular weight is 207 g/mol. The Morgan fingerprint density at radius 2 is 1.93 bits per heavy atom. The number of nitrogens with one attached hydrogen (secondary N) is 2. The van der Waals surface area contributed by atoms with Crippen molar-refractivity contribution in [2.75, 3.05) is 7.05 Å². The number of aromatic nitrogens is 2. The van der Waals surface area contributed by atoms with Crippen LogP contribution in [0.3, 0.4) is 0 Å². The molecule has 0 bridgehead atoms. The summed E-state index contributed by atoms with van der Waals surface area (Å²) in [5, 5.41) is 2.86. The van der Waals surface area contributed by atoms with Crippen LogP contribution < -0.4 is 5.32 Å². The summed E-state index contributed by atoms with van der Waals surface area (Å²) in [6, 6.07) is 0. The van der Waals surface area contributed by atoms with E-state index in [1.165, 1.54) is 0 Å². The number of hydrogen-bond acceptors (Lipinski definition) is 2. The van der Waals surface area contributed by atoms with E-state index in [2.05, 4.69) is 15.3 Å². The Labute approximate surface area is 79.7 Å². The van der Waals surface area contributed by atoms with Gasteiger partial charge in [-0.05, 0) is 20.9 Å². The number of hydrogen-bond donors (Lipinski definition) is 2. The Hall–Kier alpha value is -1.04. The first-order valence-corrected chi connectivity index (χ1v) is 4.09. The van der Waals surface area contributed by atoms with Crippen molar-refractivity contribution in [3.63, 3.8) is 0 Å². The largest absolute Gasteiger partial charge is 0.432 e. The second kappa shape index (κ2) is 3.27. The van der Waals surface area contributed by atoms with Crippen LogP contribution in [0.4, 0.5) is 13.2 Å². The van der Waals surface area contributed by atoms with Crippen molar-refractivity contribution in [1.82, 2.24) is 15.3 Å². The van der Waals surface area contributed by atoms with Crippen LogP contribution in [-0.4, -0.2) is 17.0 Å². The normalized spacial score (nSPS) is 13.3. The van der Waals surface area contributed by atoms with Gasteiger partial charge in [0.15, 0.2) is 0 Å². The average Bonchev–Trinajstić information content (AvgIpc) is 2.51. The van der Waals surface area contributed by atoms with Crippen LogP contribution in [0.2, 0.25) is 0 Å². The molecule has 0 unspecified atom stereocenters. The maximum atomic E-state index is 12.2. The molecule has 0 saturated heterocycles. The van der Waals surface area contributed by atoms with Gasteiger partial charge in [0.05, 0.1) is 11.7 Å². The lowest BCUT2D eigenvalue weighted by Crippen LogP contribution is -2.34. The molecule has 0 atom stereocenters. The van der Waals surface area contributed by atoms with Crippen molar-refractivity contribution < 1.29 is 13.2 Å². The maximum Gasteiger partial charge on any atom is 0.432 e. The molecule has 14 heavy (non-hydrogen) atoms. The van der Waals surface area contributed by atoms with Crippen LogP contribution in [0.25, 0.3) is 0 Å². The summed E-state index contributed by atoms with van der Waals surface area (Å²) in [7, 11) is 1.66. The van der Waals surface area contributed by atoms with Gasteiger partial charge in [0.25, 0.3) is 0 Å². The highest BCUT2D eigenvalue weighted by molar-refractivity contribution is 5.10. The van der Waals surface area contributed by atoms with Gasteiger partial charge in [-0.3, -0.25) is 0 Å². The Morgan fingerprint density at radius 1 is 1.36 bits per heavy atom. The van der Waals surface area contributed by atoms with Gasteiger partial charge in [0.2, 0.25) is 0 Å². The third-order valence-electron chi connectivity index (χ3n) is 2.10. The summed E-state index contributed by atoms with van der Waals surface area (Å²) in [6.07, 6.45) is -3.57. The molecule has 1 aromatic heterocycles. The molecule has 0 aliphatic heterocycles. The minimum Gasteiger partial charge on any atom is -0.337 e. The monoisotopic (exact) mass is 207 g/mol. The quantitative estimate of drug-likeness (QED) is 0.777. The molecule has 3 nitrogen and oxygen atoms in total. The maximum absolute atomic E-state index is 12.2. The molecule has 0 fully saturated rings. The summed E-state index contributed by atoms with van der Waals surface area (Å²) >= 11 is 0. The van der Waals surface area contributed by atoms with Gasteiger partial charge in [-0.1, -0.05) is 0 Å². The highest BCUT2D eigenvalue weighted by Crippen LogP contribution is 2.29. The van der Waals surface area contributed by atoms with Crippen LogP contribution in [0.5, 0.6) is 0 Å². The molecule has 2 N–H and O–H groups in total. The number of aromatic amines is 1. The van der Waals surface area contributed by atoms with Crippen LogP contribution >= 0.6 is 0 Å². The first-order chi connectivity index (χ1) is 6.27. The minimum atomic E-state index is -4.37. The number of H-pyrrole nitrogens is 1. The fourth-order valence-corrected chi connectivity index (χ4v) is 0.901. The van der Waals surface area contributed by atoms with E-state index < -0.39 is 17.4 Å². The number of alkyl halides is 3. The zero-order valence-corrected chi connectivity index (χ0v) is 8.16. The molecule has 1 heterocycles. The molecule has 0 radical (unpaired) electrons. The van der Waals surface area contributed by atoms with Gasteiger partial charge < -0.3 is 10.3 Å². The Morgan fingerprint density at radius 3 is 2.29 bits per heavy atom. The number of rotatable bonds is 2. The lowest BCUT2D eigenvalue weighted by atomic mass is 10.1. The Kier molecular flexibility index (Phi) is 2.58. The van der Waals surface area contributed by atoms with E-state index in [9.17, 15) is 13.2 Å². The van der Waals surface area contributed by atoms with Gasteiger partial charge in [0.1, 0.15) is 11.5 Å². The van der Waals surface area contributed by atoms with Gasteiger partial charge in [0, 0.05) is 0 Å². The van der Waals surface area contributed by atoms with Crippen molar-refractivity contribution in [2.45, 2.75) is 25.6 Å². The second-order valence-corrected chi connectivity index (χ2v) is 3.52. The molecule has 0 amide bonds. The van der Waals surface area contributed by atoms with Crippen LogP contribution in [0.15, 0.2) is 6.20 Å². The molecule has 0 saturated carbocycles. The zero-order chi connectivity index (χ0) is 11.0. The second-order valence-electron chi connectivity index (χ2n) is 3.52. The van der Waals surface area contributed by atoms with Gasteiger partial charge in [-0.25, -0.2) is 4.98 Å². The van der Waals surface area contributed by atoms with E-state index >= 15 is 0 Å². The smallest absolute Gasteiger partial charge is 0.337 e. The van der Waals surface area contributed by atoms with E-state index in [1.807, 2.05) is 0 Å². The van der Waals surface area contributed by atoms with E-state index in [-0.39, 0.29) is 5.82 Å². The standard InChI is InChI=1S/C8H12F3N3/c1-7(2,12-3)6-13-4-5(14-6)8(9,10)11/h4,12H,1-3H3,(H,13,14). The molecule has 0 spiro atoms. The summed E-state index contributed by atoms with van der Waals surface area (Å²) in [5.41, 5.74) is -1.42. The zero-order valence-electron chi connectivity index (χ0n) is 8.16. The van der Waals surface area contributed by atoms with E-state index in [4.69, 9.17) is 0 Å². The van der Waals surface area contributed by atoms with Crippen molar-refractivity contribution in [3.8, 4) is 0 Å². The fourth-order valence-electron chi connectivity index (χ4n) is 0.901. The predicted molar refractivity (Wildman–Crippen MR) is 45.7 cm³/mol. The van der Waals surface area contributed by atoms with E-state index in [0.29, 0.717) is 0 Å². The van der Waals surface area contributed by atoms with Gasteiger partial charge >= 0.3 is 6.18 Å². The van der Waals surface area contributed by atoms with E-state index in [0.717, 1.165) is 6.20 Å². The molecule has 0 aromatic carbocycles. The van der Waals surface area contributed by atoms with Crippen molar-refractivity contribution in [2.24, 2.45) is 0 Å². The first-order valence-electron chi connectivity index (χ1n) is 4.09. The third kappa shape index (κ3) is 2.06. The van der Waals surface area contributed by atoms with Gasteiger partial charge in [-0.2, -0.15) is 13.2 Å². The molecular weight excluding hydrogens is 195 g/mol.